The molecule has 0 radical (unpaired) electrons. The van der Waals surface area contributed by atoms with Crippen LogP contribution >= 0.6 is 23.2 Å². The van der Waals surface area contributed by atoms with Crippen molar-refractivity contribution in [1.29, 1.82) is 0 Å². The number of hydrogen-bond acceptors (Lipinski definition) is 3. The third-order valence-electron chi connectivity index (χ3n) is 4.41. The summed E-state index contributed by atoms with van der Waals surface area (Å²) < 4.78 is 52.9. The van der Waals surface area contributed by atoms with Gasteiger partial charge in [0.25, 0.3) is 5.91 Å². The average Bonchev–Trinajstić information content (AvgIpc) is 3.05. The number of halogens is 6. The molecular weight excluding hydrogens is 451 g/mol. The smallest absolute Gasteiger partial charge is 0.335 e. The molecule has 1 aromatic heterocycles. The Kier molecular flexibility index (Phi) is 6.09. The zero-order valence-corrected chi connectivity index (χ0v) is 16.8. The quantitative estimate of drug-likeness (QED) is 0.535. The third kappa shape index (κ3) is 4.29. The number of hydrogen-bond donors (Lipinski definition) is 1. The van der Waals surface area contributed by atoms with Crippen molar-refractivity contribution in [2.24, 2.45) is 0 Å². The average molecular weight is 465 g/mol. The molecule has 1 N–H and O–H groups in total. The van der Waals surface area contributed by atoms with Crippen LogP contribution in [0.25, 0.3) is 0 Å². The number of benzene rings is 1. The summed E-state index contributed by atoms with van der Waals surface area (Å²) >= 11 is 11.5. The van der Waals surface area contributed by atoms with Crippen molar-refractivity contribution < 1.29 is 27.2 Å². The van der Waals surface area contributed by atoms with Crippen LogP contribution in [0.4, 0.5) is 33.9 Å². The number of amides is 3. The second kappa shape index (κ2) is 8.27. The first-order valence-corrected chi connectivity index (χ1v) is 9.36. The van der Waals surface area contributed by atoms with Crippen LogP contribution in [0.5, 0.6) is 0 Å². The summed E-state index contributed by atoms with van der Waals surface area (Å²) in [4.78, 5) is 31.3. The molecule has 1 aliphatic heterocycles. The molecule has 1 aromatic carbocycles. The molecule has 2 heterocycles. The predicted molar refractivity (Wildman–Crippen MR) is 103 cm³/mol. The van der Waals surface area contributed by atoms with E-state index in [9.17, 15) is 27.2 Å². The van der Waals surface area contributed by atoms with Gasteiger partial charge in [0.05, 0.1) is 10.6 Å². The summed E-state index contributed by atoms with van der Waals surface area (Å²) in [5, 5.41) is 1.73. The van der Waals surface area contributed by atoms with E-state index < -0.39 is 46.5 Å². The summed E-state index contributed by atoms with van der Waals surface area (Å²) in [7, 11) is 0. The van der Waals surface area contributed by atoms with Gasteiger partial charge in [0, 0.05) is 18.8 Å². The Morgan fingerprint density at radius 2 is 2.00 bits per heavy atom. The number of likely N-dealkylation sites (N-methyl/N-ethyl adjacent to an activating group) is 1. The van der Waals surface area contributed by atoms with Crippen molar-refractivity contribution in [2.75, 3.05) is 22.9 Å². The van der Waals surface area contributed by atoms with Crippen LogP contribution in [0.3, 0.4) is 0 Å². The van der Waals surface area contributed by atoms with E-state index in [-0.39, 0.29) is 23.8 Å². The predicted octanol–water partition coefficient (Wildman–Crippen LogP) is 4.50. The molecule has 1 atom stereocenters. The van der Waals surface area contributed by atoms with Gasteiger partial charge in [-0.25, -0.2) is 14.2 Å². The Bertz CT molecular complexity index is 1000. The highest BCUT2D eigenvalue weighted by Gasteiger charge is 2.41. The number of carbonyl (C=O) groups is 2. The topological polar surface area (TPSA) is 65.5 Å². The lowest BCUT2D eigenvalue weighted by molar-refractivity contribution is -0.137. The minimum atomic E-state index is -4.72. The fraction of sp³-hybridized carbons (Fsp3) is 0.278. The molecule has 0 spiro atoms. The number of nitrogens with zero attached hydrogens (tertiary/aromatic N) is 3. The summed E-state index contributed by atoms with van der Waals surface area (Å²) in [6, 6.07) is 2.91. The van der Waals surface area contributed by atoms with Crippen molar-refractivity contribution in [3.8, 4) is 0 Å². The van der Waals surface area contributed by atoms with Gasteiger partial charge in [-0.05, 0) is 37.3 Å². The molecule has 2 aromatic rings. The van der Waals surface area contributed by atoms with E-state index in [1.807, 2.05) is 0 Å². The van der Waals surface area contributed by atoms with Crippen LogP contribution in [0.2, 0.25) is 10.2 Å². The lowest BCUT2D eigenvalue weighted by Gasteiger charge is -2.28. The molecule has 1 aliphatic rings. The number of urea groups is 1. The van der Waals surface area contributed by atoms with Crippen molar-refractivity contribution in [3.63, 3.8) is 0 Å². The van der Waals surface area contributed by atoms with Gasteiger partial charge in [-0.3, -0.25) is 9.69 Å². The van der Waals surface area contributed by atoms with E-state index in [1.54, 1.807) is 6.92 Å². The minimum absolute atomic E-state index is 0.135. The van der Waals surface area contributed by atoms with Gasteiger partial charge in [0.15, 0.2) is 0 Å². The Morgan fingerprint density at radius 1 is 1.30 bits per heavy atom. The highest BCUT2D eigenvalue weighted by Crippen LogP contribution is 2.34. The molecular formula is C18H14Cl2F4N4O2. The monoisotopic (exact) mass is 464 g/mol. The van der Waals surface area contributed by atoms with Crippen LogP contribution in [0.1, 0.15) is 12.5 Å². The molecule has 30 heavy (non-hydrogen) atoms. The van der Waals surface area contributed by atoms with Gasteiger partial charge < -0.3 is 10.2 Å². The number of aromatic nitrogens is 1. The number of nitrogens with one attached hydrogen (secondary N) is 1. The molecule has 0 bridgehead atoms. The van der Waals surface area contributed by atoms with Crippen molar-refractivity contribution in [3.05, 3.63) is 51.9 Å². The van der Waals surface area contributed by atoms with Crippen LogP contribution < -0.4 is 15.1 Å². The highest BCUT2D eigenvalue weighted by molar-refractivity contribution is 6.31. The molecule has 12 heteroatoms. The molecule has 1 saturated heterocycles. The number of alkyl halides is 3. The molecule has 160 valence electrons. The first kappa shape index (κ1) is 22.1. The molecule has 3 rings (SSSR count). The van der Waals surface area contributed by atoms with Crippen LogP contribution in [0, 0.1) is 5.82 Å². The fourth-order valence-corrected chi connectivity index (χ4v) is 3.41. The van der Waals surface area contributed by atoms with Gasteiger partial charge in [0.1, 0.15) is 22.8 Å². The van der Waals surface area contributed by atoms with Crippen molar-refractivity contribution in [1.82, 2.24) is 10.3 Å². The summed E-state index contributed by atoms with van der Waals surface area (Å²) in [5.41, 5.74) is -0.843. The lowest BCUT2D eigenvalue weighted by Crippen LogP contribution is -2.48. The number of pyridine rings is 1. The molecule has 6 nitrogen and oxygen atoms in total. The Labute approximate surface area is 178 Å². The fourth-order valence-electron chi connectivity index (χ4n) is 3.03. The van der Waals surface area contributed by atoms with Gasteiger partial charge >= 0.3 is 12.2 Å². The highest BCUT2D eigenvalue weighted by atomic mass is 35.5. The van der Waals surface area contributed by atoms with Gasteiger partial charge in [0.2, 0.25) is 0 Å². The molecule has 3 amide bonds. The van der Waals surface area contributed by atoms with Gasteiger partial charge in [-0.2, -0.15) is 13.2 Å². The van der Waals surface area contributed by atoms with Crippen LogP contribution in [0.15, 0.2) is 30.3 Å². The van der Waals surface area contributed by atoms with Crippen LogP contribution in [-0.2, 0) is 11.0 Å². The largest absolute Gasteiger partial charge is 0.416 e. The zero-order chi connectivity index (χ0) is 22.2. The molecule has 0 saturated carbocycles. The van der Waals surface area contributed by atoms with E-state index in [2.05, 4.69) is 10.3 Å². The molecule has 0 aliphatic carbocycles. The van der Waals surface area contributed by atoms with Gasteiger partial charge in [-0.1, -0.05) is 23.2 Å². The van der Waals surface area contributed by atoms with Gasteiger partial charge in [-0.15, -0.1) is 0 Å². The first-order chi connectivity index (χ1) is 14.0. The maximum atomic E-state index is 13.5. The van der Waals surface area contributed by atoms with E-state index in [1.165, 1.54) is 17.0 Å². The molecule has 1 fully saturated rings. The summed E-state index contributed by atoms with van der Waals surface area (Å²) in [6.07, 6.45) is -4.72. The first-order valence-electron chi connectivity index (χ1n) is 8.61. The van der Waals surface area contributed by atoms with E-state index in [0.717, 1.165) is 11.0 Å². The normalized spacial score (nSPS) is 16.6. The second-order valence-electron chi connectivity index (χ2n) is 6.29. The third-order valence-corrected chi connectivity index (χ3v) is 4.90. The maximum Gasteiger partial charge on any atom is 0.416 e. The SMILES string of the molecule is CCN(C(=O)[C@@H]1CNC(=O)N1c1cc(C(F)(F)F)cc(Cl)n1)c1ccc(F)c(Cl)c1. The minimum Gasteiger partial charge on any atom is -0.335 e. The number of anilines is 2. The molecule has 0 unspecified atom stereocenters. The number of carbonyl (C=O) groups excluding carboxylic acids is 2. The standard InChI is InChI=1S/C18H14Cl2F4N4O2/c1-2-27(10-3-4-12(21)11(19)7-10)16(29)13-8-25-17(30)28(13)15-6-9(18(22,23)24)5-14(20)26-15/h3-7,13H,2,8H2,1H3,(H,25,30)/t13-/m0/s1. The lowest BCUT2D eigenvalue weighted by atomic mass is 10.2. The second-order valence-corrected chi connectivity index (χ2v) is 7.08. The van der Waals surface area contributed by atoms with Crippen molar-refractivity contribution >= 4 is 46.6 Å². The Morgan fingerprint density at radius 3 is 2.60 bits per heavy atom. The maximum absolute atomic E-state index is 13.5. The number of rotatable bonds is 4. The van der Waals surface area contributed by atoms with Crippen LogP contribution in [-0.4, -0.2) is 36.1 Å². The van der Waals surface area contributed by atoms with Crippen molar-refractivity contribution in [2.45, 2.75) is 19.1 Å². The Hall–Kier alpha value is -2.59. The van der Waals surface area contributed by atoms with E-state index in [0.29, 0.717) is 12.1 Å². The van der Waals surface area contributed by atoms with E-state index >= 15 is 0 Å². The summed E-state index contributed by atoms with van der Waals surface area (Å²) in [5.74, 6) is -1.71. The van der Waals surface area contributed by atoms with E-state index in [4.69, 9.17) is 23.2 Å². The Balaban J connectivity index is 1.99. The summed E-state index contributed by atoms with van der Waals surface area (Å²) in [6.45, 7) is 1.61. The zero-order valence-electron chi connectivity index (χ0n) is 15.3.